The predicted octanol–water partition coefficient (Wildman–Crippen LogP) is 4.12. The van der Waals surface area contributed by atoms with E-state index in [-0.39, 0.29) is 0 Å². The number of nitrogens with zero attached hydrogens (tertiary/aromatic N) is 2. The highest BCUT2D eigenvalue weighted by atomic mass is 32.1. The summed E-state index contributed by atoms with van der Waals surface area (Å²) in [6.07, 6.45) is 11.6. The predicted molar refractivity (Wildman–Crippen MR) is 81.6 cm³/mol. The van der Waals surface area contributed by atoms with Gasteiger partial charge in [0.2, 0.25) is 0 Å². The molecule has 19 heavy (non-hydrogen) atoms. The highest BCUT2D eigenvalue weighted by Gasteiger charge is 2.63. The molecule has 2 fully saturated rings. The fourth-order valence-electron chi connectivity index (χ4n) is 4.14. The molecule has 1 aliphatic carbocycles. The Hall–Kier alpha value is -0.410. The van der Waals surface area contributed by atoms with Crippen LogP contribution >= 0.6 is 11.3 Å². The molecule has 0 unspecified atom stereocenters. The second kappa shape index (κ2) is 5.53. The molecule has 3 rings (SSSR count). The first-order chi connectivity index (χ1) is 9.29. The quantitative estimate of drug-likeness (QED) is 0.698. The molecule has 106 valence electrons. The number of unbranched alkanes of at least 4 members (excludes halogenated alkanes) is 2. The largest absolute Gasteiger partial charge is 0.297 e. The van der Waals surface area contributed by atoms with Crippen LogP contribution in [0.3, 0.4) is 0 Å². The van der Waals surface area contributed by atoms with E-state index in [1.54, 1.807) is 0 Å². The molecule has 0 spiro atoms. The maximum absolute atomic E-state index is 4.50. The summed E-state index contributed by atoms with van der Waals surface area (Å²) in [4.78, 5) is 7.30. The van der Waals surface area contributed by atoms with Crippen molar-refractivity contribution in [3.8, 4) is 0 Å². The summed E-state index contributed by atoms with van der Waals surface area (Å²) < 4.78 is 0. The van der Waals surface area contributed by atoms with Crippen LogP contribution in [0.1, 0.15) is 57.4 Å². The molecule has 0 radical (unpaired) electrons. The Morgan fingerprint density at radius 3 is 2.95 bits per heavy atom. The average Bonchev–Trinajstić information content (AvgIpc) is 2.77. The zero-order valence-electron chi connectivity index (χ0n) is 12.3. The number of fused-ring (bicyclic) bond motifs is 1. The summed E-state index contributed by atoms with van der Waals surface area (Å²) in [5, 5.41) is 3.47. The molecule has 1 aromatic rings. The molecule has 2 aliphatic rings. The van der Waals surface area contributed by atoms with Crippen molar-refractivity contribution < 1.29 is 0 Å². The first kappa shape index (κ1) is 13.6. The second-order valence-electron chi connectivity index (χ2n) is 6.37. The lowest BCUT2D eigenvalue weighted by molar-refractivity contribution is 0.214. The molecule has 3 heteroatoms. The van der Waals surface area contributed by atoms with Gasteiger partial charge in [0.15, 0.2) is 0 Å². The van der Waals surface area contributed by atoms with Crippen LogP contribution in [0.5, 0.6) is 0 Å². The number of likely N-dealkylation sites (tertiary alicyclic amines) is 1. The summed E-state index contributed by atoms with van der Waals surface area (Å²) in [6, 6.07) is 1.73. The molecule has 0 amide bonds. The van der Waals surface area contributed by atoms with Gasteiger partial charge in [-0.2, -0.15) is 0 Å². The molecule has 2 nitrogen and oxygen atoms in total. The lowest BCUT2D eigenvalue weighted by Gasteiger charge is -2.26. The average molecular weight is 278 g/mol. The molecule has 2 heterocycles. The van der Waals surface area contributed by atoms with E-state index < -0.39 is 0 Å². The van der Waals surface area contributed by atoms with E-state index in [1.807, 2.05) is 17.5 Å². The Balaban J connectivity index is 1.61. The van der Waals surface area contributed by atoms with Gasteiger partial charge in [-0.1, -0.05) is 33.1 Å². The SMILES string of the molecule is CCCCC[C@@H]1C[C@@]2(Cc3nccs3)C[C@H]2N1CC. The van der Waals surface area contributed by atoms with Crippen LogP contribution in [0.25, 0.3) is 0 Å². The van der Waals surface area contributed by atoms with Gasteiger partial charge >= 0.3 is 0 Å². The summed E-state index contributed by atoms with van der Waals surface area (Å²) in [5.41, 5.74) is 0.602. The summed E-state index contributed by atoms with van der Waals surface area (Å²) >= 11 is 1.84. The van der Waals surface area contributed by atoms with Crippen LogP contribution in [-0.2, 0) is 6.42 Å². The van der Waals surface area contributed by atoms with Crippen molar-refractivity contribution in [2.75, 3.05) is 6.54 Å². The number of hydrogen-bond acceptors (Lipinski definition) is 3. The maximum atomic E-state index is 4.50. The van der Waals surface area contributed by atoms with Crippen LogP contribution in [-0.4, -0.2) is 28.5 Å². The first-order valence-corrected chi connectivity index (χ1v) is 8.81. The Labute approximate surface area is 121 Å². The van der Waals surface area contributed by atoms with E-state index in [0.717, 1.165) is 12.1 Å². The highest BCUT2D eigenvalue weighted by Crippen LogP contribution is 2.61. The van der Waals surface area contributed by atoms with Crippen LogP contribution in [0, 0.1) is 5.41 Å². The van der Waals surface area contributed by atoms with Crippen LogP contribution in [0.4, 0.5) is 0 Å². The van der Waals surface area contributed by atoms with E-state index in [9.17, 15) is 0 Å². The normalized spacial score (nSPS) is 33.6. The molecular formula is C16H26N2S. The minimum Gasteiger partial charge on any atom is -0.297 e. The number of hydrogen-bond donors (Lipinski definition) is 0. The molecule has 3 atom stereocenters. The van der Waals surface area contributed by atoms with Gasteiger partial charge in [-0.15, -0.1) is 11.3 Å². The molecule has 0 N–H and O–H groups in total. The van der Waals surface area contributed by atoms with Gasteiger partial charge in [-0.25, -0.2) is 4.98 Å². The minimum absolute atomic E-state index is 0.602. The van der Waals surface area contributed by atoms with E-state index >= 15 is 0 Å². The zero-order valence-corrected chi connectivity index (χ0v) is 13.1. The Morgan fingerprint density at radius 1 is 1.37 bits per heavy atom. The van der Waals surface area contributed by atoms with Crippen molar-refractivity contribution in [2.45, 2.75) is 70.9 Å². The zero-order chi connectivity index (χ0) is 13.3. The van der Waals surface area contributed by atoms with Crippen molar-refractivity contribution in [2.24, 2.45) is 5.41 Å². The molecule has 1 saturated heterocycles. The molecule has 0 bridgehead atoms. The van der Waals surface area contributed by atoms with Crippen LogP contribution < -0.4 is 0 Å². The Bertz CT molecular complexity index is 403. The number of thiazole rings is 1. The summed E-state index contributed by atoms with van der Waals surface area (Å²) in [6.45, 7) is 5.87. The minimum atomic E-state index is 0.602. The van der Waals surface area contributed by atoms with Gasteiger partial charge in [0.25, 0.3) is 0 Å². The fourth-order valence-corrected chi connectivity index (χ4v) is 4.91. The number of rotatable bonds is 7. The number of aromatic nitrogens is 1. The van der Waals surface area contributed by atoms with Gasteiger partial charge in [0, 0.05) is 30.1 Å². The van der Waals surface area contributed by atoms with Gasteiger partial charge in [0.05, 0.1) is 5.01 Å². The molecular weight excluding hydrogens is 252 g/mol. The number of piperidine rings is 1. The Kier molecular flexibility index (Phi) is 3.95. The van der Waals surface area contributed by atoms with E-state index in [0.29, 0.717) is 5.41 Å². The first-order valence-electron chi connectivity index (χ1n) is 7.93. The summed E-state index contributed by atoms with van der Waals surface area (Å²) in [5.74, 6) is 0. The van der Waals surface area contributed by atoms with E-state index in [2.05, 4.69) is 29.1 Å². The van der Waals surface area contributed by atoms with Gasteiger partial charge in [-0.05, 0) is 31.2 Å². The van der Waals surface area contributed by atoms with Crippen molar-refractivity contribution in [1.29, 1.82) is 0 Å². The third-order valence-corrected chi connectivity index (χ3v) is 5.93. The lowest BCUT2D eigenvalue weighted by Crippen LogP contribution is -2.32. The van der Waals surface area contributed by atoms with Crippen LogP contribution in [0.15, 0.2) is 11.6 Å². The topological polar surface area (TPSA) is 16.1 Å². The standard InChI is InChI=1S/C16H26N2S/c1-3-5-6-7-13-10-16(11-14(16)18(13)4-2)12-15-17-8-9-19-15/h8-9,13-14H,3-7,10-12H2,1-2H3/t13-,14-,16+/m1/s1. The molecule has 0 aromatic carbocycles. The lowest BCUT2D eigenvalue weighted by atomic mass is 9.93. The maximum Gasteiger partial charge on any atom is 0.0930 e. The van der Waals surface area contributed by atoms with Crippen molar-refractivity contribution in [3.63, 3.8) is 0 Å². The van der Waals surface area contributed by atoms with Crippen molar-refractivity contribution in [1.82, 2.24) is 9.88 Å². The fraction of sp³-hybridized carbons (Fsp3) is 0.812. The smallest absolute Gasteiger partial charge is 0.0930 e. The van der Waals surface area contributed by atoms with Gasteiger partial charge in [0.1, 0.15) is 0 Å². The molecule has 1 aromatic heterocycles. The molecule has 1 saturated carbocycles. The monoisotopic (exact) mass is 278 g/mol. The highest BCUT2D eigenvalue weighted by molar-refractivity contribution is 7.09. The molecule has 1 aliphatic heterocycles. The third kappa shape index (κ3) is 2.59. The van der Waals surface area contributed by atoms with E-state index in [1.165, 1.54) is 56.5 Å². The van der Waals surface area contributed by atoms with Gasteiger partial charge in [-0.3, -0.25) is 4.90 Å². The van der Waals surface area contributed by atoms with Crippen molar-refractivity contribution >= 4 is 11.3 Å². The van der Waals surface area contributed by atoms with Crippen LogP contribution in [0.2, 0.25) is 0 Å². The third-order valence-electron chi connectivity index (χ3n) is 5.15. The van der Waals surface area contributed by atoms with E-state index in [4.69, 9.17) is 0 Å². The Morgan fingerprint density at radius 2 is 2.26 bits per heavy atom. The van der Waals surface area contributed by atoms with Crippen molar-refractivity contribution in [3.05, 3.63) is 16.6 Å². The van der Waals surface area contributed by atoms with Gasteiger partial charge < -0.3 is 0 Å². The second-order valence-corrected chi connectivity index (χ2v) is 7.35. The summed E-state index contributed by atoms with van der Waals surface area (Å²) in [7, 11) is 0.